The number of fused-ring (bicyclic) bond motifs is 1. The van der Waals surface area contributed by atoms with Crippen LogP contribution in [0.4, 0.5) is 11.4 Å². The highest BCUT2D eigenvalue weighted by molar-refractivity contribution is 6.12. The quantitative estimate of drug-likeness (QED) is 0.355. The van der Waals surface area contributed by atoms with E-state index in [4.69, 9.17) is 13.9 Å². The zero-order chi connectivity index (χ0) is 24.4. The number of carbonyl (C=O) groups is 2. The number of amides is 1. The van der Waals surface area contributed by atoms with Crippen LogP contribution in [0, 0.1) is 0 Å². The van der Waals surface area contributed by atoms with Crippen LogP contribution in [0.25, 0.3) is 11.3 Å². The Bertz CT molecular complexity index is 1360. The fraction of sp³-hybridized carbons (Fsp3) is 0.143. The SMILES string of the molecule is CCOC(=O)c1ccc(-c2ccc(C3Nc4ccccc4C(=O)N3c3ccc(OC)cc3)o2)cc1. The van der Waals surface area contributed by atoms with Gasteiger partial charge in [-0.3, -0.25) is 9.69 Å². The molecule has 1 aliphatic rings. The van der Waals surface area contributed by atoms with Gasteiger partial charge in [-0.2, -0.15) is 0 Å². The zero-order valence-corrected chi connectivity index (χ0v) is 19.4. The van der Waals surface area contributed by atoms with Crippen LogP contribution in [0.3, 0.4) is 0 Å². The third-order valence-electron chi connectivity index (χ3n) is 5.85. The van der Waals surface area contributed by atoms with Gasteiger partial charge in [0.05, 0.1) is 24.8 Å². The first-order valence-electron chi connectivity index (χ1n) is 11.3. The summed E-state index contributed by atoms with van der Waals surface area (Å²) in [6, 6.07) is 25.5. The molecule has 0 bridgehead atoms. The van der Waals surface area contributed by atoms with Crippen molar-refractivity contribution in [3.63, 3.8) is 0 Å². The van der Waals surface area contributed by atoms with Gasteiger partial charge in [-0.25, -0.2) is 4.79 Å². The first-order valence-corrected chi connectivity index (χ1v) is 11.3. The molecule has 1 aromatic heterocycles. The number of nitrogens with one attached hydrogen (secondary N) is 1. The molecule has 1 unspecified atom stereocenters. The molecule has 35 heavy (non-hydrogen) atoms. The molecule has 7 heteroatoms. The molecule has 1 atom stereocenters. The van der Waals surface area contributed by atoms with Gasteiger partial charge in [0.2, 0.25) is 0 Å². The van der Waals surface area contributed by atoms with Crippen LogP contribution >= 0.6 is 0 Å². The Morgan fingerprint density at radius 3 is 2.43 bits per heavy atom. The summed E-state index contributed by atoms with van der Waals surface area (Å²) in [5.41, 5.74) is 3.32. The van der Waals surface area contributed by atoms with Crippen molar-refractivity contribution < 1.29 is 23.5 Å². The molecule has 1 amide bonds. The monoisotopic (exact) mass is 468 g/mol. The molecule has 7 nitrogen and oxygen atoms in total. The van der Waals surface area contributed by atoms with Crippen LogP contribution in [0.5, 0.6) is 5.75 Å². The summed E-state index contributed by atoms with van der Waals surface area (Å²) >= 11 is 0. The van der Waals surface area contributed by atoms with Crippen LogP contribution in [-0.4, -0.2) is 25.6 Å². The molecule has 0 saturated carbocycles. The number of methoxy groups -OCH3 is 1. The summed E-state index contributed by atoms with van der Waals surface area (Å²) < 4.78 is 16.5. The Labute approximate surface area is 202 Å². The van der Waals surface area contributed by atoms with Gasteiger partial charge >= 0.3 is 5.97 Å². The van der Waals surface area contributed by atoms with Gasteiger partial charge in [-0.1, -0.05) is 24.3 Å². The number of carbonyl (C=O) groups excluding carboxylic acids is 2. The van der Waals surface area contributed by atoms with Crippen LogP contribution in [0.1, 0.15) is 39.6 Å². The van der Waals surface area contributed by atoms with E-state index in [-0.39, 0.29) is 11.9 Å². The average molecular weight is 469 g/mol. The standard InChI is InChI=1S/C28H24N2O5/c1-3-34-28(32)19-10-8-18(9-11-19)24-16-17-25(35-24)26-29-23-7-5-4-6-22(23)27(31)30(26)20-12-14-21(33-2)15-13-20/h4-17,26,29H,3H2,1-2H3. The molecule has 0 fully saturated rings. The van der Waals surface area contributed by atoms with Gasteiger partial charge in [0.25, 0.3) is 5.91 Å². The lowest BCUT2D eigenvalue weighted by Crippen LogP contribution is -2.43. The maximum absolute atomic E-state index is 13.6. The summed E-state index contributed by atoms with van der Waals surface area (Å²) in [5.74, 6) is 1.41. The number of esters is 1. The molecule has 0 saturated heterocycles. The molecule has 0 radical (unpaired) electrons. The van der Waals surface area contributed by atoms with E-state index in [9.17, 15) is 9.59 Å². The minimum atomic E-state index is -0.557. The van der Waals surface area contributed by atoms with Crippen molar-refractivity contribution in [1.82, 2.24) is 0 Å². The maximum Gasteiger partial charge on any atom is 0.338 e. The first kappa shape index (κ1) is 22.3. The zero-order valence-electron chi connectivity index (χ0n) is 19.4. The van der Waals surface area contributed by atoms with E-state index in [1.165, 1.54) is 0 Å². The maximum atomic E-state index is 13.6. The molecule has 1 aliphatic heterocycles. The van der Waals surface area contributed by atoms with Gasteiger partial charge < -0.3 is 19.2 Å². The van der Waals surface area contributed by atoms with Crippen LogP contribution in [-0.2, 0) is 4.74 Å². The number of anilines is 2. The molecular formula is C28H24N2O5. The van der Waals surface area contributed by atoms with Gasteiger partial charge in [0.15, 0.2) is 6.17 Å². The second kappa shape index (κ2) is 9.38. The number of rotatable bonds is 6. The second-order valence-electron chi connectivity index (χ2n) is 7.97. The molecule has 4 aromatic rings. The van der Waals surface area contributed by atoms with Crippen molar-refractivity contribution in [3.05, 3.63) is 102 Å². The lowest BCUT2D eigenvalue weighted by atomic mass is 10.1. The highest BCUT2D eigenvalue weighted by Gasteiger charge is 2.35. The fourth-order valence-electron chi connectivity index (χ4n) is 4.10. The van der Waals surface area contributed by atoms with Gasteiger partial charge in [-0.15, -0.1) is 0 Å². The third kappa shape index (κ3) is 4.24. The summed E-state index contributed by atoms with van der Waals surface area (Å²) in [6.07, 6.45) is -0.557. The Morgan fingerprint density at radius 1 is 0.971 bits per heavy atom. The Hall–Kier alpha value is -4.52. The molecule has 2 heterocycles. The Balaban J connectivity index is 1.49. The number of nitrogens with zero attached hydrogens (tertiary/aromatic N) is 1. The van der Waals surface area contributed by atoms with E-state index in [2.05, 4.69) is 5.32 Å². The van der Waals surface area contributed by atoms with Gasteiger partial charge in [0, 0.05) is 16.9 Å². The summed E-state index contributed by atoms with van der Waals surface area (Å²) in [7, 11) is 1.60. The highest BCUT2D eigenvalue weighted by atomic mass is 16.5. The van der Waals surface area contributed by atoms with E-state index >= 15 is 0 Å². The predicted octanol–water partition coefficient (Wildman–Crippen LogP) is 5.90. The fourth-order valence-corrected chi connectivity index (χ4v) is 4.10. The molecule has 0 aliphatic carbocycles. The molecule has 1 N–H and O–H groups in total. The minimum absolute atomic E-state index is 0.133. The number of furan rings is 1. The van der Waals surface area contributed by atoms with E-state index in [1.54, 1.807) is 37.1 Å². The van der Waals surface area contributed by atoms with Crippen LogP contribution < -0.4 is 15.0 Å². The van der Waals surface area contributed by atoms with E-state index < -0.39 is 6.17 Å². The van der Waals surface area contributed by atoms with Gasteiger partial charge in [0.1, 0.15) is 17.3 Å². The lowest BCUT2D eigenvalue weighted by molar-refractivity contribution is 0.0526. The molecule has 5 rings (SSSR count). The largest absolute Gasteiger partial charge is 0.497 e. The van der Waals surface area contributed by atoms with Crippen molar-refractivity contribution in [3.8, 4) is 17.1 Å². The summed E-state index contributed by atoms with van der Waals surface area (Å²) in [5, 5.41) is 3.44. The molecule has 176 valence electrons. The Kier molecular flexibility index (Phi) is 5.97. The van der Waals surface area contributed by atoms with Crippen molar-refractivity contribution in [2.75, 3.05) is 23.9 Å². The Morgan fingerprint density at radius 2 is 1.71 bits per heavy atom. The van der Waals surface area contributed by atoms with Gasteiger partial charge in [-0.05, 0) is 67.6 Å². The summed E-state index contributed by atoms with van der Waals surface area (Å²) in [6.45, 7) is 2.09. The van der Waals surface area contributed by atoms with E-state index in [0.717, 1.165) is 11.3 Å². The van der Waals surface area contributed by atoms with Crippen LogP contribution in [0.2, 0.25) is 0 Å². The van der Waals surface area contributed by atoms with Crippen molar-refractivity contribution in [2.45, 2.75) is 13.1 Å². The smallest absolute Gasteiger partial charge is 0.338 e. The summed E-state index contributed by atoms with van der Waals surface area (Å²) in [4.78, 5) is 27.2. The van der Waals surface area contributed by atoms with Crippen molar-refractivity contribution in [2.24, 2.45) is 0 Å². The predicted molar refractivity (Wildman–Crippen MR) is 133 cm³/mol. The minimum Gasteiger partial charge on any atom is -0.497 e. The van der Waals surface area contributed by atoms with Crippen molar-refractivity contribution >= 4 is 23.3 Å². The van der Waals surface area contributed by atoms with Crippen molar-refractivity contribution in [1.29, 1.82) is 0 Å². The third-order valence-corrected chi connectivity index (χ3v) is 5.85. The lowest BCUT2D eigenvalue weighted by Gasteiger charge is -2.36. The number of benzene rings is 3. The molecule has 3 aromatic carbocycles. The average Bonchev–Trinajstić information content (AvgIpc) is 3.39. The number of hydrogen-bond acceptors (Lipinski definition) is 6. The highest BCUT2D eigenvalue weighted by Crippen LogP contribution is 2.38. The number of para-hydroxylation sites is 1. The normalized spacial score (nSPS) is 14.7. The van der Waals surface area contributed by atoms with Crippen LogP contribution in [0.15, 0.2) is 89.3 Å². The second-order valence-corrected chi connectivity index (χ2v) is 7.97. The topological polar surface area (TPSA) is 81.0 Å². The molecular weight excluding hydrogens is 444 g/mol. The van der Waals surface area contributed by atoms with E-state index in [1.807, 2.05) is 66.7 Å². The van der Waals surface area contributed by atoms with E-state index in [0.29, 0.717) is 40.7 Å². The number of hydrogen-bond donors (Lipinski definition) is 1. The molecule has 0 spiro atoms. The first-order chi connectivity index (χ1) is 17.1. The number of ether oxygens (including phenoxy) is 2.